The highest BCUT2D eigenvalue weighted by Gasteiger charge is 2.22. The van der Waals surface area contributed by atoms with E-state index in [1.54, 1.807) is 7.11 Å². The molecule has 0 aliphatic rings. The molecule has 1 N–H and O–H groups in total. The Balaban J connectivity index is 4.22. The minimum atomic E-state index is -0.555. The number of rotatable bonds is 8. The molecule has 0 fully saturated rings. The summed E-state index contributed by atoms with van der Waals surface area (Å²) >= 11 is 0. The summed E-state index contributed by atoms with van der Waals surface area (Å²) in [7, 11) is 2.94. The first-order valence-corrected chi connectivity index (χ1v) is 6.30. The first-order valence-electron chi connectivity index (χ1n) is 6.30. The molecule has 1 amide bonds. The maximum atomic E-state index is 11.7. The van der Waals surface area contributed by atoms with Crippen LogP contribution < -0.4 is 5.32 Å². The lowest BCUT2D eigenvalue weighted by molar-refractivity contribution is -0.145. The number of carbonyl (C=O) groups is 2. The molecule has 0 bridgehead atoms. The molecule has 0 aromatic heterocycles. The van der Waals surface area contributed by atoms with E-state index in [1.807, 2.05) is 20.8 Å². The number of hydrogen-bond donors (Lipinski definition) is 1. The molecular weight excluding hydrogens is 234 g/mol. The maximum absolute atomic E-state index is 11.7. The van der Waals surface area contributed by atoms with Gasteiger partial charge in [-0.25, -0.2) is 4.79 Å². The highest BCUT2D eigenvalue weighted by molar-refractivity contribution is 5.84. The van der Waals surface area contributed by atoms with Crippen LogP contribution in [0.3, 0.4) is 0 Å². The second kappa shape index (κ2) is 8.91. The topological polar surface area (TPSA) is 64.6 Å². The molecule has 0 saturated heterocycles. The highest BCUT2D eigenvalue weighted by Crippen LogP contribution is 2.07. The summed E-state index contributed by atoms with van der Waals surface area (Å²) in [5.41, 5.74) is 0. The Kier molecular flexibility index (Phi) is 8.37. The van der Waals surface area contributed by atoms with Crippen molar-refractivity contribution in [1.82, 2.24) is 5.32 Å². The van der Waals surface area contributed by atoms with Gasteiger partial charge in [-0.3, -0.25) is 4.79 Å². The standard InChI is InChI=1S/C13H25NO4/c1-9(2)8-11(13(16)18-5)14-12(15)7-6-10(3)17-4/h9-11H,6-8H2,1-5H3,(H,14,15). The average molecular weight is 259 g/mol. The van der Waals surface area contributed by atoms with Crippen LogP contribution in [0.1, 0.15) is 40.0 Å². The maximum Gasteiger partial charge on any atom is 0.328 e. The molecule has 0 spiro atoms. The fraction of sp³-hybridized carbons (Fsp3) is 0.846. The molecule has 106 valence electrons. The number of nitrogens with one attached hydrogen (secondary N) is 1. The third kappa shape index (κ3) is 7.27. The van der Waals surface area contributed by atoms with Gasteiger partial charge < -0.3 is 14.8 Å². The van der Waals surface area contributed by atoms with E-state index in [0.717, 1.165) is 0 Å². The minimum absolute atomic E-state index is 0.0393. The van der Waals surface area contributed by atoms with Crippen molar-refractivity contribution < 1.29 is 19.1 Å². The third-order valence-corrected chi connectivity index (χ3v) is 2.71. The minimum Gasteiger partial charge on any atom is -0.467 e. The van der Waals surface area contributed by atoms with Crippen molar-refractivity contribution in [3.05, 3.63) is 0 Å². The number of ether oxygens (including phenoxy) is 2. The predicted octanol–water partition coefficient (Wildman–Crippen LogP) is 1.51. The van der Waals surface area contributed by atoms with E-state index in [1.165, 1.54) is 7.11 Å². The molecule has 0 saturated carbocycles. The van der Waals surface area contributed by atoms with Crippen LogP contribution in [0.5, 0.6) is 0 Å². The molecule has 2 unspecified atom stereocenters. The Bertz CT molecular complexity index is 266. The second-order valence-corrected chi connectivity index (χ2v) is 4.86. The van der Waals surface area contributed by atoms with Gasteiger partial charge in [-0.05, 0) is 25.7 Å². The molecule has 5 heteroatoms. The molecule has 5 nitrogen and oxygen atoms in total. The lowest BCUT2D eigenvalue weighted by Gasteiger charge is -2.18. The van der Waals surface area contributed by atoms with Gasteiger partial charge >= 0.3 is 5.97 Å². The van der Waals surface area contributed by atoms with E-state index in [4.69, 9.17) is 4.74 Å². The van der Waals surface area contributed by atoms with E-state index < -0.39 is 12.0 Å². The van der Waals surface area contributed by atoms with Crippen LogP contribution in [-0.4, -0.2) is 38.2 Å². The van der Waals surface area contributed by atoms with Crippen molar-refractivity contribution in [1.29, 1.82) is 0 Å². The van der Waals surface area contributed by atoms with Gasteiger partial charge in [0.2, 0.25) is 5.91 Å². The van der Waals surface area contributed by atoms with Gasteiger partial charge in [-0.15, -0.1) is 0 Å². The molecule has 18 heavy (non-hydrogen) atoms. The van der Waals surface area contributed by atoms with Gasteiger partial charge in [-0.1, -0.05) is 13.8 Å². The molecule has 2 atom stereocenters. The number of esters is 1. The Morgan fingerprint density at radius 1 is 1.17 bits per heavy atom. The summed E-state index contributed by atoms with van der Waals surface area (Å²) in [6.07, 6.45) is 1.61. The number of hydrogen-bond acceptors (Lipinski definition) is 4. The summed E-state index contributed by atoms with van der Waals surface area (Å²) in [6, 6.07) is -0.555. The Morgan fingerprint density at radius 3 is 2.22 bits per heavy atom. The van der Waals surface area contributed by atoms with Crippen LogP contribution in [0.2, 0.25) is 0 Å². The normalized spacial score (nSPS) is 14.1. The van der Waals surface area contributed by atoms with Crippen LogP contribution >= 0.6 is 0 Å². The second-order valence-electron chi connectivity index (χ2n) is 4.86. The number of methoxy groups -OCH3 is 2. The van der Waals surface area contributed by atoms with Gasteiger partial charge in [0.05, 0.1) is 13.2 Å². The average Bonchev–Trinajstić information content (AvgIpc) is 2.33. The van der Waals surface area contributed by atoms with Crippen molar-refractivity contribution in [2.24, 2.45) is 5.92 Å². The molecule has 0 aromatic rings. The predicted molar refractivity (Wildman–Crippen MR) is 69.1 cm³/mol. The van der Waals surface area contributed by atoms with Crippen LogP contribution in [0.4, 0.5) is 0 Å². The van der Waals surface area contributed by atoms with Crippen molar-refractivity contribution >= 4 is 11.9 Å². The molecular formula is C13H25NO4. The zero-order valence-corrected chi connectivity index (χ0v) is 12.0. The van der Waals surface area contributed by atoms with Crippen LogP contribution in [0.25, 0.3) is 0 Å². The quantitative estimate of drug-likeness (QED) is 0.671. The molecule has 0 rings (SSSR count). The number of carbonyl (C=O) groups excluding carboxylic acids is 2. The van der Waals surface area contributed by atoms with Crippen molar-refractivity contribution in [2.45, 2.75) is 52.2 Å². The molecule has 0 radical (unpaired) electrons. The van der Waals surface area contributed by atoms with Crippen molar-refractivity contribution in [3.8, 4) is 0 Å². The van der Waals surface area contributed by atoms with Crippen molar-refractivity contribution in [2.75, 3.05) is 14.2 Å². The molecule has 0 aliphatic heterocycles. The van der Waals surface area contributed by atoms with Gasteiger partial charge in [0.25, 0.3) is 0 Å². The van der Waals surface area contributed by atoms with Crippen LogP contribution in [0, 0.1) is 5.92 Å². The first-order chi connectivity index (χ1) is 8.40. The van der Waals surface area contributed by atoms with Gasteiger partial charge in [0, 0.05) is 13.5 Å². The summed E-state index contributed by atoms with van der Waals surface area (Å²) in [5.74, 6) is -0.223. The zero-order valence-electron chi connectivity index (χ0n) is 12.0. The lowest BCUT2D eigenvalue weighted by Crippen LogP contribution is -2.42. The summed E-state index contributed by atoms with van der Waals surface area (Å²) in [6.45, 7) is 5.89. The Hall–Kier alpha value is -1.10. The smallest absolute Gasteiger partial charge is 0.328 e. The SMILES string of the molecule is COC(=O)C(CC(C)C)NC(=O)CCC(C)OC. The van der Waals surface area contributed by atoms with Gasteiger partial charge in [-0.2, -0.15) is 0 Å². The highest BCUT2D eigenvalue weighted by atomic mass is 16.5. The monoisotopic (exact) mass is 259 g/mol. The fourth-order valence-electron chi connectivity index (χ4n) is 1.55. The zero-order chi connectivity index (χ0) is 14.1. The molecule has 0 aromatic carbocycles. The fourth-order valence-corrected chi connectivity index (χ4v) is 1.55. The lowest BCUT2D eigenvalue weighted by atomic mass is 10.0. The van der Waals surface area contributed by atoms with E-state index in [2.05, 4.69) is 10.1 Å². The Morgan fingerprint density at radius 2 is 1.78 bits per heavy atom. The van der Waals surface area contributed by atoms with E-state index >= 15 is 0 Å². The summed E-state index contributed by atoms with van der Waals surface area (Å²) in [4.78, 5) is 23.2. The van der Waals surface area contributed by atoms with Crippen molar-refractivity contribution in [3.63, 3.8) is 0 Å². The molecule has 0 aliphatic carbocycles. The van der Waals surface area contributed by atoms with Crippen LogP contribution in [0.15, 0.2) is 0 Å². The van der Waals surface area contributed by atoms with E-state index in [9.17, 15) is 9.59 Å². The Labute approximate surface area is 109 Å². The first kappa shape index (κ1) is 16.9. The summed E-state index contributed by atoms with van der Waals surface area (Å²) in [5, 5.41) is 2.71. The number of amides is 1. The van der Waals surface area contributed by atoms with E-state index in [0.29, 0.717) is 25.2 Å². The van der Waals surface area contributed by atoms with Crippen LogP contribution in [-0.2, 0) is 19.1 Å². The van der Waals surface area contributed by atoms with Gasteiger partial charge in [0.1, 0.15) is 6.04 Å². The molecule has 0 heterocycles. The summed E-state index contributed by atoms with van der Waals surface area (Å²) < 4.78 is 9.75. The third-order valence-electron chi connectivity index (χ3n) is 2.71. The van der Waals surface area contributed by atoms with Gasteiger partial charge in [0.15, 0.2) is 0 Å². The van der Waals surface area contributed by atoms with E-state index in [-0.39, 0.29) is 12.0 Å². The largest absolute Gasteiger partial charge is 0.467 e.